The average molecular weight is 636 g/mol. The quantitative estimate of drug-likeness (QED) is 0.297. The topological polar surface area (TPSA) is 172 Å². The van der Waals surface area contributed by atoms with Crippen LogP contribution in [0.3, 0.4) is 0 Å². The lowest BCUT2D eigenvalue weighted by Crippen LogP contribution is -2.58. The zero-order valence-electron chi connectivity index (χ0n) is 24.2. The number of benzene rings is 2. The molecule has 45 heavy (non-hydrogen) atoms. The first kappa shape index (κ1) is 33.6. The van der Waals surface area contributed by atoms with Crippen LogP contribution in [0.2, 0.25) is 0 Å². The summed E-state index contributed by atoms with van der Waals surface area (Å²) in [5, 5.41) is 7.12. The number of ether oxygens (including phenoxy) is 4. The zero-order valence-corrected chi connectivity index (χ0v) is 24.2. The van der Waals surface area contributed by atoms with Gasteiger partial charge in [-0.2, -0.15) is 13.2 Å². The highest BCUT2D eigenvalue weighted by Crippen LogP contribution is 2.54. The average Bonchev–Trinajstić information content (AvgIpc) is 3.41. The van der Waals surface area contributed by atoms with E-state index in [1.54, 1.807) is 6.92 Å². The Labute approximate surface area is 254 Å². The second kappa shape index (κ2) is 13.8. The van der Waals surface area contributed by atoms with E-state index in [9.17, 15) is 27.6 Å². The fourth-order valence-electron chi connectivity index (χ4n) is 5.48. The van der Waals surface area contributed by atoms with Crippen molar-refractivity contribution in [2.45, 2.75) is 63.3 Å². The predicted molar refractivity (Wildman–Crippen MR) is 151 cm³/mol. The van der Waals surface area contributed by atoms with Crippen molar-refractivity contribution in [1.29, 1.82) is 0 Å². The lowest BCUT2D eigenvalue weighted by molar-refractivity contribution is -0.222. The van der Waals surface area contributed by atoms with E-state index < -0.39 is 65.4 Å². The first-order chi connectivity index (χ1) is 21.2. The van der Waals surface area contributed by atoms with Gasteiger partial charge in [-0.3, -0.25) is 19.1 Å². The van der Waals surface area contributed by atoms with Gasteiger partial charge in [0.25, 0.3) is 5.56 Å². The third-order valence-electron chi connectivity index (χ3n) is 7.44. The number of aliphatic carboxylic acids is 1. The number of hydrogen-bond acceptors (Lipinski definition) is 9. The van der Waals surface area contributed by atoms with Crippen molar-refractivity contribution in [2.24, 2.45) is 11.7 Å². The number of halogens is 3. The molecule has 0 unspecified atom stereocenters. The standard InChI is InChI=1S/C28H31N3O7.C2HF3O2/c1-17-13-31(27(34)30-25(17)33)26-21-22(29)24(37-18(2)32)28(38-26,16-35-14-19-9-5-3-6-10-19)23(21)36-15-20-11-7-4-8-12-20;3-2(4,5)1(6)7/h3-13,21-24,26H,14-16,29H2,1-2H3,(H,30,33,34);(H,6,7)/t21-,22+,23+,24+,26-,28-;/m1./s1. The van der Waals surface area contributed by atoms with Crippen LogP contribution in [-0.4, -0.2) is 63.2 Å². The van der Waals surface area contributed by atoms with E-state index in [-0.39, 0.29) is 19.8 Å². The summed E-state index contributed by atoms with van der Waals surface area (Å²) in [6.45, 7) is 3.44. The number of carbonyl (C=O) groups is 2. The summed E-state index contributed by atoms with van der Waals surface area (Å²) in [6.07, 6.45) is -6.06. The molecule has 1 saturated heterocycles. The molecule has 2 heterocycles. The maximum atomic E-state index is 12.8. The number of esters is 1. The molecule has 15 heteroatoms. The Morgan fingerprint density at radius 3 is 2.11 bits per heavy atom. The number of nitrogens with zero attached hydrogens (tertiary/aromatic N) is 1. The summed E-state index contributed by atoms with van der Waals surface area (Å²) < 4.78 is 57.9. The molecule has 12 nitrogen and oxygen atoms in total. The summed E-state index contributed by atoms with van der Waals surface area (Å²) in [5.74, 6) is -3.85. The van der Waals surface area contributed by atoms with E-state index in [1.807, 2.05) is 60.7 Å². The van der Waals surface area contributed by atoms with E-state index in [4.69, 9.17) is 34.6 Å². The smallest absolute Gasteiger partial charge is 0.475 e. The number of H-pyrrole nitrogens is 1. The first-order valence-corrected chi connectivity index (χ1v) is 13.7. The van der Waals surface area contributed by atoms with Gasteiger partial charge in [0.2, 0.25) is 0 Å². The number of fused-ring (bicyclic) bond motifs is 2. The van der Waals surface area contributed by atoms with Gasteiger partial charge in [-0.15, -0.1) is 0 Å². The number of aromatic nitrogens is 2. The van der Waals surface area contributed by atoms with Crippen LogP contribution in [0, 0.1) is 12.8 Å². The van der Waals surface area contributed by atoms with Crippen molar-refractivity contribution in [2.75, 3.05) is 6.61 Å². The Hall–Kier alpha value is -4.31. The van der Waals surface area contributed by atoms with Crippen molar-refractivity contribution >= 4 is 11.9 Å². The van der Waals surface area contributed by atoms with Crippen LogP contribution >= 0.6 is 0 Å². The molecule has 2 aromatic carbocycles. The second-order valence-corrected chi connectivity index (χ2v) is 10.6. The number of nitrogens with one attached hydrogen (secondary N) is 1. The van der Waals surface area contributed by atoms with Gasteiger partial charge in [-0.25, -0.2) is 9.59 Å². The summed E-state index contributed by atoms with van der Waals surface area (Å²) in [5.41, 5.74) is 6.54. The Balaban J connectivity index is 0.000000591. The SMILES string of the molecule is CC(=O)O[C@H]1[C@@H](N)[C@H]2[C@H](n3cc(C)c(=O)[nH]c3=O)O[C@]1(COCc1ccccc1)[C@H]2OCc1ccccc1.O=C(O)C(F)(F)F. The highest BCUT2D eigenvalue weighted by atomic mass is 19.4. The molecule has 4 N–H and O–H groups in total. The number of alkyl halides is 3. The third kappa shape index (κ3) is 7.50. The van der Waals surface area contributed by atoms with Crippen LogP contribution in [0.15, 0.2) is 76.4 Å². The van der Waals surface area contributed by atoms with Crippen LogP contribution < -0.4 is 17.0 Å². The molecule has 0 spiro atoms. The molecule has 1 aliphatic carbocycles. The van der Waals surface area contributed by atoms with Crippen LogP contribution in [0.1, 0.15) is 29.8 Å². The number of carboxylic acid groups (broad SMARTS) is 1. The minimum Gasteiger partial charge on any atom is -0.475 e. The van der Waals surface area contributed by atoms with Gasteiger partial charge < -0.3 is 29.8 Å². The van der Waals surface area contributed by atoms with Crippen molar-refractivity contribution in [3.63, 3.8) is 0 Å². The van der Waals surface area contributed by atoms with Crippen LogP contribution in [0.5, 0.6) is 0 Å². The number of carbonyl (C=O) groups excluding carboxylic acids is 1. The number of hydrogen-bond donors (Lipinski definition) is 3. The fraction of sp³-hybridized carbons (Fsp3) is 0.400. The number of aromatic amines is 1. The third-order valence-corrected chi connectivity index (χ3v) is 7.44. The zero-order chi connectivity index (χ0) is 32.9. The second-order valence-electron chi connectivity index (χ2n) is 10.6. The van der Waals surface area contributed by atoms with Gasteiger partial charge in [-0.05, 0) is 18.1 Å². The predicted octanol–water partition coefficient (Wildman–Crippen LogP) is 2.44. The first-order valence-electron chi connectivity index (χ1n) is 13.7. The van der Waals surface area contributed by atoms with Crippen LogP contribution in [0.25, 0.3) is 0 Å². The summed E-state index contributed by atoms with van der Waals surface area (Å²) in [6, 6.07) is 18.5. The fourth-order valence-corrected chi connectivity index (χ4v) is 5.48. The van der Waals surface area contributed by atoms with Crippen molar-refractivity contribution in [1.82, 2.24) is 9.55 Å². The molecule has 0 amide bonds. The molecule has 3 aromatic rings. The Kier molecular flexibility index (Phi) is 10.3. The number of carboxylic acids is 1. The molecule has 5 rings (SSSR count). The van der Waals surface area contributed by atoms with Gasteiger partial charge in [0.15, 0.2) is 11.7 Å². The minimum atomic E-state index is -5.08. The van der Waals surface area contributed by atoms with Gasteiger partial charge in [0.1, 0.15) is 12.3 Å². The van der Waals surface area contributed by atoms with Gasteiger partial charge in [-0.1, -0.05) is 60.7 Å². The summed E-state index contributed by atoms with van der Waals surface area (Å²) in [7, 11) is 0. The molecule has 0 radical (unpaired) electrons. The Morgan fingerprint density at radius 2 is 1.58 bits per heavy atom. The van der Waals surface area contributed by atoms with Gasteiger partial charge in [0.05, 0.1) is 31.8 Å². The number of aryl methyl sites for hydroxylation is 1. The molecular weight excluding hydrogens is 603 g/mol. The molecule has 1 aliphatic heterocycles. The Morgan fingerprint density at radius 1 is 1.02 bits per heavy atom. The lowest BCUT2D eigenvalue weighted by Gasteiger charge is -2.40. The van der Waals surface area contributed by atoms with E-state index in [2.05, 4.69) is 4.98 Å². The van der Waals surface area contributed by atoms with Crippen molar-refractivity contribution in [3.8, 4) is 0 Å². The largest absolute Gasteiger partial charge is 0.490 e. The maximum Gasteiger partial charge on any atom is 0.490 e. The molecule has 2 fully saturated rings. The highest BCUT2D eigenvalue weighted by Gasteiger charge is 2.72. The maximum absolute atomic E-state index is 12.8. The monoisotopic (exact) mass is 635 g/mol. The van der Waals surface area contributed by atoms with E-state index in [0.717, 1.165) is 11.1 Å². The molecule has 1 aromatic heterocycles. The highest BCUT2D eigenvalue weighted by molar-refractivity contribution is 5.73. The van der Waals surface area contributed by atoms with E-state index in [0.29, 0.717) is 5.56 Å². The lowest BCUT2D eigenvalue weighted by atomic mass is 9.97. The molecule has 2 bridgehead atoms. The molecular formula is C30H32F3N3O9. The molecule has 2 aliphatic rings. The molecule has 242 valence electrons. The number of rotatable bonds is 9. The Bertz CT molecular complexity index is 1600. The summed E-state index contributed by atoms with van der Waals surface area (Å²) >= 11 is 0. The van der Waals surface area contributed by atoms with Crippen molar-refractivity contribution in [3.05, 3.63) is 104 Å². The normalized spacial score (nSPS) is 25.3. The van der Waals surface area contributed by atoms with Crippen molar-refractivity contribution < 1.29 is 46.8 Å². The van der Waals surface area contributed by atoms with Crippen LogP contribution in [0.4, 0.5) is 13.2 Å². The summed E-state index contributed by atoms with van der Waals surface area (Å²) in [4.78, 5) is 48.2. The number of nitrogens with two attached hydrogens (primary N) is 1. The molecule has 1 saturated carbocycles. The van der Waals surface area contributed by atoms with Gasteiger partial charge in [0, 0.05) is 18.7 Å². The molecule has 6 atom stereocenters. The minimum absolute atomic E-state index is 0.00289. The van der Waals surface area contributed by atoms with E-state index in [1.165, 1.54) is 17.7 Å². The van der Waals surface area contributed by atoms with E-state index >= 15 is 0 Å². The van der Waals surface area contributed by atoms with Crippen LogP contribution in [-0.2, 0) is 41.8 Å². The van der Waals surface area contributed by atoms with Gasteiger partial charge >= 0.3 is 23.8 Å².